The maximum atomic E-state index is 12.7. The summed E-state index contributed by atoms with van der Waals surface area (Å²) in [7, 11) is 0. The highest BCUT2D eigenvalue weighted by Gasteiger charge is 2.28. The largest absolute Gasteiger partial charge is 0.334 e. The number of aryl methyl sites for hydroxylation is 1. The fourth-order valence-electron chi connectivity index (χ4n) is 4.22. The van der Waals surface area contributed by atoms with Crippen LogP contribution < -0.4 is 5.32 Å². The van der Waals surface area contributed by atoms with Crippen LogP contribution in [0.15, 0.2) is 24.5 Å². The Kier molecular flexibility index (Phi) is 5.85. The number of rotatable bonds is 4. The van der Waals surface area contributed by atoms with E-state index in [1.54, 1.807) is 6.20 Å². The lowest BCUT2D eigenvalue weighted by Crippen LogP contribution is -2.52. The summed E-state index contributed by atoms with van der Waals surface area (Å²) in [6.45, 7) is 6.30. The third-order valence-corrected chi connectivity index (χ3v) is 5.72. The number of pyridine rings is 1. The van der Waals surface area contributed by atoms with Crippen molar-refractivity contribution in [2.75, 3.05) is 26.2 Å². The van der Waals surface area contributed by atoms with Crippen molar-refractivity contribution in [3.05, 3.63) is 41.7 Å². The minimum Gasteiger partial charge on any atom is -0.334 e. The average molecular weight is 384 g/mol. The molecule has 0 aromatic carbocycles. The fraction of sp³-hybridized carbons (Fsp3) is 0.600. The zero-order valence-corrected chi connectivity index (χ0v) is 16.5. The number of carbonyl (C=O) groups excluding carboxylic acids is 1. The summed E-state index contributed by atoms with van der Waals surface area (Å²) in [4.78, 5) is 25.7. The molecule has 8 heteroatoms. The lowest BCUT2D eigenvalue weighted by atomic mass is 9.96. The maximum Gasteiger partial charge on any atom is 0.317 e. The van der Waals surface area contributed by atoms with Crippen molar-refractivity contribution in [2.24, 2.45) is 0 Å². The zero-order valence-electron chi connectivity index (χ0n) is 16.5. The number of likely N-dealkylation sites (tertiary alicyclic amines) is 2. The van der Waals surface area contributed by atoms with Gasteiger partial charge in [-0.05, 0) is 50.8 Å². The molecule has 4 rings (SSSR count). The van der Waals surface area contributed by atoms with Gasteiger partial charge in [-0.3, -0.25) is 15.0 Å². The summed E-state index contributed by atoms with van der Waals surface area (Å²) >= 11 is 0. The van der Waals surface area contributed by atoms with Gasteiger partial charge in [0.15, 0.2) is 5.82 Å². The number of H-pyrrole nitrogens is 1. The maximum absolute atomic E-state index is 12.7. The van der Waals surface area contributed by atoms with E-state index in [0.717, 1.165) is 70.1 Å². The molecule has 0 aliphatic carbocycles. The van der Waals surface area contributed by atoms with E-state index in [1.165, 1.54) is 5.56 Å². The molecule has 2 aromatic heterocycles. The summed E-state index contributed by atoms with van der Waals surface area (Å²) in [5.41, 5.74) is 1.22. The quantitative estimate of drug-likeness (QED) is 0.843. The predicted octanol–water partition coefficient (Wildman–Crippen LogP) is 2.06. The summed E-state index contributed by atoms with van der Waals surface area (Å²) < 4.78 is 0. The summed E-state index contributed by atoms with van der Waals surface area (Å²) in [6.07, 6.45) is 7.71. The summed E-state index contributed by atoms with van der Waals surface area (Å²) in [5.74, 6) is 2.08. The number of nitrogens with zero attached hydrogens (tertiary/aromatic N) is 5. The first-order chi connectivity index (χ1) is 13.7. The molecule has 0 saturated carbocycles. The molecule has 2 fully saturated rings. The van der Waals surface area contributed by atoms with E-state index in [2.05, 4.69) is 36.4 Å². The first-order valence-electron chi connectivity index (χ1n) is 10.2. The molecule has 2 aliphatic heterocycles. The van der Waals surface area contributed by atoms with Gasteiger partial charge in [0.2, 0.25) is 0 Å². The molecule has 28 heavy (non-hydrogen) atoms. The first-order valence-corrected chi connectivity index (χ1v) is 10.2. The second-order valence-electron chi connectivity index (χ2n) is 7.93. The monoisotopic (exact) mass is 383 g/mol. The molecule has 2 amide bonds. The minimum absolute atomic E-state index is 0.0674. The van der Waals surface area contributed by atoms with Gasteiger partial charge < -0.3 is 10.2 Å². The molecule has 0 radical (unpaired) electrons. The molecule has 2 aliphatic rings. The molecule has 2 saturated heterocycles. The van der Waals surface area contributed by atoms with Crippen LogP contribution in [0.4, 0.5) is 4.79 Å². The molecule has 150 valence electrons. The van der Waals surface area contributed by atoms with E-state index < -0.39 is 0 Å². The smallest absolute Gasteiger partial charge is 0.317 e. The van der Waals surface area contributed by atoms with Gasteiger partial charge in [-0.25, -0.2) is 9.78 Å². The number of aromatic nitrogens is 4. The van der Waals surface area contributed by atoms with Gasteiger partial charge in [0.1, 0.15) is 5.82 Å². The van der Waals surface area contributed by atoms with Gasteiger partial charge in [-0.1, -0.05) is 6.07 Å². The molecule has 2 N–H and O–H groups in total. The Morgan fingerprint density at radius 1 is 1.29 bits per heavy atom. The van der Waals surface area contributed by atoms with Crippen LogP contribution in [0, 0.1) is 6.92 Å². The molecule has 8 nitrogen and oxygen atoms in total. The third-order valence-electron chi connectivity index (χ3n) is 5.72. The molecule has 1 atom stereocenters. The van der Waals surface area contributed by atoms with Crippen molar-refractivity contribution in [1.29, 1.82) is 0 Å². The Bertz CT molecular complexity index is 770. The number of hydrogen-bond acceptors (Lipinski definition) is 5. The molecule has 0 spiro atoms. The van der Waals surface area contributed by atoms with Crippen LogP contribution in [0.2, 0.25) is 0 Å². The lowest BCUT2D eigenvalue weighted by molar-refractivity contribution is 0.154. The SMILES string of the molecule is Cc1nc(C2CCN(C(=O)N[C@@H]3CCCN(Cc4cccnc4)C3)CC2)n[nH]1. The van der Waals surface area contributed by atoms with Crippen LogP contribution in [0.25, 0.3) is 0 Å². The van der Waals surface area contributed by atoms with Crippen LogP contribution >= 0.6 is 0 Å². The van der Waals surface area contributed by atoms with Gasteiger partial charge in [0, 0.05) is 50.5 Å². The fourth-order valence-corrected chi connectivity index (χ4v) is 4.22. The van der Waals surface area contributed by atoms with Crippen LogP contribution in [-0.2, 0) is 6.54 Å². The number of aromatic amines is 1. The van der Waals surface area contributed by atoms with Crippen molar-refractivity contribution >= 4 is 6.03 Å². The van der Waals surface area contributed by atoms with Crippen molar-refractivity contribution in [1.82, 2.24) is 35.3 Å². The Morgan fingerprint density at radius 3 is 2.86 bits per heavy atom. The lowest BCUT2D eigenvalue weighted by Gasteiger charge is -2.36. The van der Waals surface area contributed by atoms with Crippen molar-refractivity contribution < 1.29 is 4.79 Å². The molecular formula is C20H29N7O. The number of hydrogen-bond donors (Lipinski definition) is 2. The number of piperidine rings is 2. The number of amides is 2. The van der Waals surface area contributed by atoms with E-state index in [9.17, 15) is 4.79 Å². The Balaban J connectivity index is 1.24. The van der Waals surface area contributed by atoms with Crippen LogP contribution in [0.5, 0.6) is 0 Å². The molecule has 0 unspecified atom stereocenters. The van der Waals surface area contributed by atoms with Gasteiger partial charge in [-0.2, -0.15) is 5.10 Å². The molecule has 2 aromatic rings. The predicted molar refractivity (Wildman–Crippen MR) is 106 cm³/mol. The molecule has 4 heterocycles. The van der Waals surface area contributed by atoms with Crippen LogP contribution in [0.3, 0.4) is 0 Å². The highest BCUT2D eigenvalue weighted by Crippen LogP contribution is 2.25. The van der Waals surface area contributed by atoms with Gasteiger partial charge >= 0.3 is 6.03 Å². The second kappa shape index (κ2) is 8.68. The van der Waals surface area contributed by atoms with Crippen molar-refractivity contribution in [2.45, 2.75) is 51.1 Å². The number of nitrogens with one attached hydrogen (secondary N) is 2. The topological polar surface area (TPSA) is 90.0 Å². The Morgan fingerprint density at radius 2 is 2.14 bits per heavy atom. The first kappa shape index (κ1) is 18.9. The Hall–Kier alpha value is -2.48. The number of carbonyl (C=O) groups is 1. The standard InChI is InChI=1S/C20H29N7O/c1-15-22-19(25-24-15)17-6-10-27(11-7-17)20(28)23-18-5-3-9-26(14-18)13-16-4-2-8-21-12-16/h2,4,8,12,17-18H,3,5-7,9-11,13-14H2,1H3,(H,23,28)(H,22,24,25)/t18-/m1/s1. The summed E-state index contributed by atoms with van der Waals surface area (Å²) in [6, 6.07) is 4.36. The van der Waals surface area contributed by atoms with Crippen LogP contribution in [0.1, 0.15) is 48.8 Å². The van der Waals surface area contributed by atoms with Gasteiger partial charge in [-0.15, -0.1) is 0 Å². The molecule has 0 bridgehead atoms. The zero-order chi connectivity index (χ0) is 19.3. The average Bonchev–Trinajstić information content (AvgIpc) is 3.15. The second-order valence-corrected chi connectivity index (χ2v) is 7.93. The van der Waals surface area contributed by atoms with Gasteiger partial charge in [0.05, 0.1) is 0 Å². The normalized spacial score (nSPS) is 21.6. The van der Waals surface area contributed by atoms with E-state index in [4.69, 9.17) is 0 Å². The van der Waals surface area contributed by atoms with E-state index in [0.29, 0.717) is 5.92 Å². The van der Waals surface area contributed by atoms with E-state index in [1.807, 2.05) is 24.1 Å². The van der Waals surface area contributed by atoms with E-state index in [-0.39, 0.29) is 12.1 Å². The van der Waals surface area contributed by atoms with E-state index >= 15 is 0 Å². The Labute approximate surface area is 165 Å². The number of urea groups is 1. The van der Waals surface area contributed by atoms with Crippen molar-refractivity contribution in [3.63, 3.8) is 0 Å². The minimum atomic E-state index is 0.0674. The highest BCUT2D eigenvalue weighted by atomic mass is 16.2. The van der Waals surface area contributed by atoms with Crippen molar-refractivity contribution in [3.8, 4) is 0 Å². The molecular weight excluding hydrogens is 354 g/mol. The van der Waals surface area contributed by atoms with Crippen LogP contribution in [-0.4, -0.2) is 68.2 Å². The third kappa shape index (κ3) is 4.67. The van der Waals surface area contributed by atoms with Gasteiger partial charge in [0.25, 0.3) is 0 Å². The summed E-state index contributed by atoms with van der Waals surface area (Å²) in [5, 5.41) is 10.4. The highest BCUT2D eigenvalue weighted by molar-refractivity contribution is 5.74.